The summed E-state index contributed by atoms with van der Waals surface area (Å²) in [6.07, 6.45) is 1.75. The van der Waals surface area contributed by atoms with E-state index in [1.54, 1.807) is 0 Å². The SMILES string of the molecule is CCN(CC)CCC(C#N)(CCSc1ccccc1)c1ccccc1.Cl. The molecule has 0 spiro atoms. The fourth-order valence-corrected chi connectivity index (χ4v) is 4.13. The summed E-state index contributed by atoms with van der Waals surface area (Å²) in [5, 5.41) is 10.1. The molecule has 26 heavy (non-hydrogen) atoms. The summed E-state index contributed by atoms with van der Waals surface area (Å²) in [4.78, 5) is 3.67. The van der Waals surface area contributed by atoms with Crippen LogP contribution in [0.25, 0.3) is 0 Å². The van der Waals surface area contributed by atoms with Crippen LogP contribution in [-0.2, 0) is 5.41 Å². The minimum atomic E-state index is -0.411. The monoisotopic (exact) mass is 388 g/mol. The Bertz CT molecular complexity index is 653. The second-order valence-electron chi connectivity index (χ2n) is 6.25. The van der Waals surface area contributed by atoms with Gasteiger partial charge in [-0.2, -0.15) is 5.26 Å². The zero-order valence-electron chi connectivity index (χ0n) is 15.7. The molecule has 4 heteroatoms. The number of rotatable bonds is 10. The van der Waals surface area contributed by atoms with E-state index >= 15 is 0 Å². The lowest BCUT2D eigenvalue weighted by atomic mass is 9.76. The predicted molar refractivity (Wildman–Crippen MR) is 115 cm³/mol. The van der Waals surface area contributed by atoms with Crippen LogP contribution in [0.3, 0.4) is 0 Å². The molecule has 0 aliphatic heterocycles. The molecular weight excluding hydrogens is 360 g/mol. The van der Waals surface area contributed by atoms with Gasteiger partial charge in [-0.1, -0.05) is 62.4 Å². The highest BCUT2D eigenvalue weighted by Gasteiger charge is 2.32. The minimum Gasteiger partial charge on any atom is -0.304 e. The van der Waals surface area contributed by atoms with Crippen molar-refractivity contribution in [2.24, 2.45) is 0 Å². The summed E-state index contributed by atoms with van der Waals surface area (Å²) in [6, 6.07) is 23.5. The number of hydrogen-bond donors (Lipinski definition) is 0. The molecule has 0 radical (unpaired) electrons. The van der Waals surface area contributed by atoms with Crippen molar-refractivity contribution in [2.75, 3.05) is 25.4 Å². The Morgan fingerprint density at radius 2 is 1.50 bits per heavy atom. The Morgan fingerprint density at radius 1 is 0.923 bits per heavy atom. The van der Waals surface area contributed by atoms with Crippen LogP contribution in [-0.4, -0.2) is 30.3 Å². The smallest absolute Gasteiger partial charge is 0.0842 e. The molecule has 0 aliphatic rings. The quantitative estimate of drug-likeness (QED) is 0.482. The van der Waals surface area contributed by atoms with Crippen LogP contribution in [0.1, 0.15) is 32.3 Å². The van der Waals surface area contributed by atoms with Crippen molar-refractivity contribution in [1.29, 1.82) is 5.26 Å². The van der Waals surface area contributed by atoms with E-state index in [1.165, 1.54) is 4.90 Å². The van der Waals surface area contributed by atoms with Gasteiger partial charge >= 0.3 is 0 Å². The Hall–Kier alpha value is -1.47. The van der Waals surface area contributed by atoms with E-state index in [0.717, 1.165) is 43.8 Å². The van der Waals surface area contributed by atoms with Crippen LogP contribution in [0.4, 0.5) is 0 Å². The van der Waals surface area contributed by atoms with Crippen molar-refractivity contribution < 1.29 is 0 Å². The summed E-state index contributed by atoms with van der Waals surface area (Å²) < 4.78 is 0. The number of hydrogen-bond acceptors (Lipinski definition) is 3. The van der Waals surface area contributed by atoms with Gasteiger partial charge in [0.2, 0.25) is 0 Å². The van der Waals surface area contributed by atoms with E-state index in [9.17, 15) is 5.26 Å². The summed E-state index contributed by atoms with van der Waals surface area (Å²) >= 11 is 1.84. The minimum absolute atomic E-state index is 0. The molecule has 1 atom stereocenters. The highest BCUT2D eigenvalue weighted by Crippen LogP contribution is 2.34. The zero-order valence-corrected chi connectivity index (χ0v) is 17.4. The van der Waals surface area contributed by atoms with Gasteiger partial charge in [0, 0.05) is 4.90 Å². The summed E-state index contributed by atoms with van der Waals surface area (Å²) in [7, 11) is 0. The first-order valence-electron chi connectivity index (χ1n) is 9.11. The highest BCUT2D eigenvalue weighted by molar-refractivity contribution is 7.99. The first-order chi connectivity index (χ1) is 12.2. The molecule has 0 bridgehead atoms. The molecular formula is C22H29ClN2S. The Kier molecular flexibility index (Phi) is 10.4. The third-order valence-corrected chi connectivity index (χ3v) is 5.84. The second-order valence-corrected chi connectivity index (χ2v) is 7.42. The lowest BCUT2D eigenvalue weighted by Gasteiger charge is -2.30. The van der Waals surface area contributed by atoms with Crippen molar-refractivity contribution in [1.82, 2.24) is 4.90 Å². The van der Waals surface area contributed by atoms with Crippen LogP contribution < -0.4 is 0 Å². The topological polar surface area (TPSA) is 27.0 Å². The lowest BCUT2D eigenvalue weighted by Crippen LogP contribution is -2.33. The molecule has 0 amide bonds. The number of benzene rings is 2. The summed E-state index contributed by atoms with van der Waals surface area (Å²) in [5.41, 5.74) is 0.740. The standard InChI is InChI=1S/C22H28N2S.ClH/c1-3-24(4-2)17-15-22(19-23,20-11-7-5-8-12-20)16-18-25-21-13-9-6-10-14-21;/h5-14H,3-4,15-18H2,1-2H3;1H. The average molecular weight is 389 g/mol. The fraction of sp³-hybridized carbons (Fsp3) is 0.409. The highest BCUT2D eigenvalue weighted by atomic mass is 35.5. The van der Waals surface area contributed by atoms with Gasteiger partial charge < -0.3 is 4.90 Å². The first kappa shape index (κ1) is 22.6. The molecule has 0 fully saturated rings. The molecule has 0 saturated heterocycles. The third-order valence-electron chi connectivity index (χ3n) is 4.83. The predicted octanol–water partition coefficient (Wildman–Crippen LogP) is 5.78. The van der Waals surface area contributed by atoms with Gasteiger partial charge in [0.1, 0.15) is 0 Å². The molecule has 0 heterocycles. The molecule has 0 aliphatic carbocycles. The molecule has 140 valence electrons. The average Bonchev–Trinajstić information content (AvgIpc) is 2.69. The summed E-state index contributed by atoms with van der Waals surface area (Å²) in [5.74, 6) is 0.949. The van der Waals surface area contributed by atoms with E-state index in [-0.39, 0.29) is 12.4 Å². The van der Waals surface area contributed by atoms with Crippen LogP contribution in [0, 0.1) is 11.3 Å². The van der Waals surface area contributed by atoms with Crippen LogP contribution in [0.2, 0.25) is 0 Å². The second kappa shape index (κ2) is 12.0. The van der Waals surface area contributed by atoms with E-state index in [4.69, 9.17) is 0 Å². The van der Waals surface area contributed by atoms with Gasteiger partial charge in [0.15, 0.2) is 0 Å². The first-order valence-corrected chi connectivity index (χ1v) is 10.1. The molecule has 0 N–H and O–H groups in total. The number of halogens is 1. The molecule has 0 aromatic heterocycles. The molecule has 0 saturated carbocycles. The molecule has 2 rings (SSSR count). The van der Waals surface area contributed by atoms with E-state index < -0.39 is 5.41 Å². The van der Waals surface area contributed by atoms with E-state index in [0.29, 0.717) is 0 Å². The Labute approximate surface area is 169 Å². The number of nitriles is 1. The maximum absolute atomic E-state index is 10.1. The van der Waals surface area contributed by atoms with Crippen molar-refractivity contribution >= 4 is 24.2 Å². The van der Waals surface area contributed by atoms with Gasteiger partial charge in [-0.25, -0.2) is 0 Å². The van der Waals surface area contributed by atoms with Crippen molar-refractivity contribution in [3.05, 3.63) is 66.2 Å². The number of nitrogens with zero attached hydrogens (tertiary/aromatic N) is 2. The van der Waals surface area contributed by atoms with E-state index in [2.05, 4.69) is 61.2 Å². The Morgan fingerprint density at radius 3 is 2.04 bits per heavy atom. The van der Waals surface area contributed by atoms with Gasteiger partial charge in [-0.15, -0.1) is 24.2 Å². The van der Waals surface area contributed by atoms with E-state index in [1.807, 2.05) is 36.0 Å². The Balaban J connectivity index is 0.00000338. The largest absolute Gasteiger partial charge is 0.304 e. The fourth-order valence-electron chi connectivity index (χ4n) is 3.10. The van der Waals surface area contributed by atoms with Crippen molar-refractivity contribution in [3.63, 3.8) is 0 Å². The molecule has 2 aromatic rings. The van der Waals surface area contributed by atoms with Gasteiger partial charge in [0.05, 0.1) is 11.5 Å². The normalized spacial score (nSPS) is 12.8. The van der Waals surface area contributed by atoms with Crippen molar-refractivity contribution in [3.8, 4) is 6.07 Å². The van der Waals surface area contributed by atoms with Crippen LogP contribution >= 0.6 is 24.2 Å². The summed E-state index contributed by atoms with van der Waals surface area (Å²) in [6.45, 7) is 7.40. The zero-order chi connectivity index (χ0) is 18.0. The maximum atomic E-state index is 10.1. The van der Waals surface area contributed by atoms with Gasteiger partial charge in [0.25, 0.3) is 0 Å². The van der Waals surface area contributed by atoms with Crippen molar-refractivity contribution in [2.45, 2.75) is 37.0 Å². The molecule has 1 unspecified atom stereocenters. The van der Waals surface area contributed by atoms with Gasteiger partial charge in [-0.05, 0) is 55.9 Å². The maximum Gasteiger partial charge on any atom is 0.0842 e. The van der Waals surface area contributed by atoms with Gasteiger partial charge in [-0.3, -0.25) is 0 Å². The molecule has 2 nitrogen and oxygen atoms in total. The lowest BCUT2D eigenvalue weighted by molar-refractivity contribution is 0.274. The molecule has 2 aromatic carbocycles. The third kappa shape index (κ3) is 6.36. The van der Waals surface area contributed by atoms with Crippen LogP contribution in [0.5, 0.6) is 0 Å². The van der Waals surface area contributed by atoms with Crippen LogP contribution in [0.15, 0.2) is 65.6 Å². The number of thioether (sulfide) groups is 1.